The Balaban J connectivity index is 1.86. The maximum absolute atomic E-state index is 12.3. The Kier molecular flexibility index (Phi) is 4.66. The second-order valence-corrected chi connectivity index (χ2v) is 8.55. The first-order valence-corrected chi connectivity index (χ1v) is 9.96. The van der Waals surface area contributed by atoms with Gasteiger partial charge in [0, 0.05) is 30.0 Å². The lowest BCUT2D eigenvalue weighted by molar-refractivity contribution is -0.127. The fourth-order valence-corrected chi connectivity index (χ4v) is 5.20. The SMILES string of the molecule is C=CC(=O)N1Cc2sc(Cl)cc2[C@@H](c2ccccc2-c2cc(C)nn2C)C1. The first-order valence-electron chi connectivity index (χ1n) is 8.77. The summed E-state index contributed by atoms with van der Waals surface area (Å²) in [7, 11) is 1.96. The van der Waals surface area contributed by atoms with E-state index in [2.05, 4.69) is 29.9 Å². The quantitative estimate of drug-likeness (QED) is 0.597. The molecule has 0 N–H and O–H groups in total. The van der Waals surface area contributed by atoms with Gasteiger partial charge in [0.05, 0.1) is 22.3 Å². The Morgan fingerprint density at radius 1 is 1.33 bits per heavy atom. The Bertz CT molecular complexity index is 1040. The summed E-state index contributed by atoms with van der Waals surface area (Å²) < 4.78 is 2.66. The lowest BCUT2D eigenvalue weighted by Gasteiger charge is -2.33. The summed E-state index contributed by atoms with van der Waals surface area (Å²) in [5, 5.41) is 4.50. The van der Waals surface area contributed by atoms with Crippen molar-refractivity contribution in [3.05, 3.63) is 75.1 Å². The summed E-state index contributed by atoms with van der Waals surface area (Å²) in [6, 6.07) is 12.5. The molecule has 2 aromatic heterocycles. The van der Waals surface area contributed by atoms with E-state index < -0.39 is 0 Å². The zero-order chi connectivity index (χ0) is 19.1. The van der Waals surface area contributed by atoms with Gasteiger partial charge >= 0.3 is 0 Å². The van der Waals surface area contributed by atoms with Crippen molar-refractivity contribution in [1.82, 2.24) is 14.7 Å². The van der Waals surface area contributed by atoms with Crippen LogP contribution in [0.3, 0.4) is 0 Å². The van der Waals surface area contributed by atoms with E-state index in [4.69, 9.17) is 11.6 Å². The lowest BCUT2D eigenvalue weighted by Crippen LogP contribution is -2.37. The molecule has 0 saturated carbocycles. The molecule has 4 nitrogen and oxygen atoms in total. The van der Waals surface area contributed by atoms with Crippen molar-refractivity contribution >= 4 is 28.8 Å². The molecule has 0 spiro atoms. The third-order valence-corrected chi connectivity index (χ3v) is 6.29. The summed E-state index contributed by atoms with van der Waals surface area (Å²) >= 11 is 7.88. The van der Waals surface area contributed by atoms with E-state index >= 15 is 0 Å². The largest absolute Gasteiger partial charge is 0.333 e. The van der Waals surface area contributed by atoms with Crippen LogP contribution in [-0.4, -0.2) is 27.1 Å². The highest BCUT2D eigenvalue weighted by atomic mass is 35.5. The number of thiophene rings is 1. The number of amides is 1. The molecule has 0 bridgehead atoms. The molecule has 1 amide bonds. The Hall–Kier alpha value is -2.37. The molecule has 1 aliphatic heterocycles. The van der Waals surface area contributed by atoms with Crippen LogP contribution in [0.5, 0.6) is 0 Å². The van der Waals surface area contributed by atoms with Crippen LogP contribution in [-0.2, 0) is 18.4 Å². The van der Waals surface area contributed by atoms with E-state index in [0.29, 0.717) is 13.1 Å². The minimum atomic E-state index is -0.0518. The molecule has 1 atom stereocenters. The minimum absolute atomic E-state index is 0.0518. The van der Waals surface area contributed by atoms with Crippen molar-refractivity contribution in [1.29, 1.82) is 0 Å². The zero-order valence-corrected chi connectivity index (χ0v) is 16.8. The predicted octanol–water partition coefficient (Wildman–Crippen LogP) is 4.77. The maximum Gasteiger partial charge on any atom is 0.246 e. The average Bonchev–Trinajstić information content (AvgIpc) is 3.20. The molecule has 4 rings (SSSR count). The first kappa shape index (κ1) is 18.0. The summed E-state index contributed by atoms with van der Waals surface area (Å²) in [6.07, 6.45) is 1.38. The van der Waals surface area contributed by atoms with E-state index in [1.54, 1.807) is 11.3 Å². The van der Waals surface area contributed by atoms with Crippen LogP contribution in [0.25, 0.3) is 11.3 Å². The van der Waals surface area contributed by atoms with Crippen LogP contribution in [0.1, 0.15) is 27.6 Å². The van der Waals surface area contributed by atoms with Gasteiger partial charge in [0.25, 0.3) is 0 Å². The molecular weight excluding hydrogens is 378 g/mol. The summed E-state index contributed by atoms with van der Waals surface area (Å²) in [5.41, 5.74) is 5.57. The molecule has 3 aromatic rings. The highest BCUT2D eigenvalue weighted by Gasteiger charge is 2.32. The van der Waals surface area contributed by atoms with Gasteiger partial charge < -0.3 is 4.90 Å². The van der Waals surface area contributed by atoms with Crippen molar-refractivity contribution in [2.24, 2.45) is 7.05 Å². The number of carbonyl (C=O) groups is 1. The molecule has 1 aromatic carbocycles. The molecule has 138 valence electrons. The Labute approximate surface area is 167 Å². The van der Waals surface area contributed by atoms with Crippen molar-refractivity contribution in [2.45, 2.75) is 19.4 Å². The average molecular weight is 398 g/mol. The summed E-state index contributed by atoms with van der Waals surface area (Å²) in [5.74, 6) is 0.0110. The number of carbonyl (C=O) groups excluding carboxylic acids is 1. The molecule has 1 aliphatic rings. The van der Waals surface area contributed by atoms with Crippen LogP contribution in [0.2, 0.25) is 4.34 Å². The third kappa shape index (κ3) is 3.22. The van der Waals surface area contributed by atoms with Crippen molar-refractivity contribution in [2.75, 3.05) is 6.54 Å². The molecule has 0 aliphatic carbocycles. The number of hydrogen-bond acceptors (Lipinski definition) is 3. The molecule has 0 unspecified atom stereocenters. The maximum atomic E-state index is 12.3. The minimum Gasteiger partial charge on any atom is -0.333 e. The highest BCUT2D eigenvalue weighted by Crippen LogP contribution is 2.42. The van der Waals surface area contributed by atoms with Crippen LogP contribution in [0.15, 0.2) is 49.1 Å². The van der Waals surface area contributed by atoms with Crippen molar-refractivity contribution in [3.8, 4) is 11.3 Å². The van der Waals surface area contributed by atoms with Crippen LogP contribution in [0.4, 0.5) is 0 Å². The number of aryl methyl sites for hydroxylation is 2. The monoisotopic (exact) mass is 397 g/mol. The van der Waals surface area contributed by atoms with Gasteiger partial charge in [-0.15, -0.1) is 11.3 Å². The van der Waals surface area contributed by atoms with E-state index in [0.717, 1.165) is 26.2 Å². The van der Waals surface area contributed by atoms with Crippen LogP contribution >= 0.6 is 22.9 Å². The third-order valence-electron chi connectivity index (χ3n) is 5.02. The normalized spacial score (nSPS) is 16.3. The Morgan fingerprint density at radius 3 is 2.81 bits per heavy atom. The fraction of sp³-hybridized carbons (Fsp3) is 0.238. The predicted molar refractivity (Wildman–Crippen MR) is 110 cm³/mol. The molecule has 0 fully saturated rings. The first-order chi connectivity index (χ1) is 13.0. The van der Waals surface area contributed by atoms with Gasteiger partial charge in [-0.3, -0.25) is 9.48 Å². The number of aromatic nitrogens is 2. The van der Waals surface area contributed by atoms with E-state index in [1.165, 1.54) is 17.2 Å². The van der Waals surface area contributed by atoms with Gasteiger partial charge in [0.2, 0.25) is 5.91 Å². The molecule has 6 heteroatoms. The van der Waals surface area contributed by atoms with E-state index in [-0.39, 0.29) is 11.8 Å². The molecular formula is C21H20ClN3OS. The summed E-state index contributed by atoms with van der Waals surface area (Å²) in [4.78, 5) is 15.3. The van der Waals surface area contributed by atoms with E-state index in [9.17, 15) is 4.79 Å². The molecule has 27 heavy (non-hydrogen) atoms. The lowest BCUT2D eigenvalue weighted by atomic mass is 9.85. The number of rotatable bonds is 3. The second kappa shape index (κ2) is 6.98. The number of nitrogens with zero attached hydrogens (tertiary/aromatic N) is 3. The topological polar surface area (TPSA) is 38.1 Å². The smallest absolute Gasteiger partial charge is 0.246 e. The van der Waals surface area contributed by atoms with Gasteiger partial charge in [0.15, 0.2) is 0 Å². The number of halogens is 1. The fourth-order valence-electron chi connectivity index (χ4n) is 3.84. The zero-order valence-electron chi connectivity index (χ0n) is 15.3. The van der Waals surface area contributed by atoms with Gasteiger partial charge in [-0.1, -0.05) is 42.4 Å². The summed E-state index contributed by atoms with van der Waals surface area (Å²) in [6.45, 7) is 6.84. The molecule has 3 heterocycles. The Morgan fingerprint density at radius 2 is 2.11 bits per heavy atom. The van der Waals surface area contributed by atoms with Gasteiger partial charge in [-0.05, 0) is 36.3 Å². The highest BCUT2D eigenvalue weighted by molar-refractivity contribution is 7.16. The van der Waals surface area contributed by atoms with E-state index in [1.807, 2.05) is 41.8 Å². The van der Waals surface area contributed by atoms with Gasteiger partial charge in [-0.25, -0.2) is 0 Å². The van der Waals surface area contributed by atoms with Gasteiger partial charge in [0.1, 0.15) is 0 Å². The van der Waals surface area contributed by atoms with Crippen molar-refractivity contribution < 1.29 is 4.79 Å². The number of fused-ring (bicyclic) bond motifs is 1. The van der Waals surface area contributed by atoms with Gasteiger partial charge in [-0.2, -0.15) is 5.10 Å². The molecule has 0 saturated heterocycles. The second-order valence-electron chi connectivity index (χ2n) is 6.79. The molecule has 0 radical (unpaired) electrons. The number of hydrogen-bond donors (Lipinski definition) is 0. The standard InChI is InChI=1S/C21H20ClN3OS/c1-4-21(26)25-11-17(16-10-20(22)27-19(16)12-25)14-7-5-6-8-15(14)18-9-13(2)23-24(18)3/h4-10,17H,1,11-12H2,2-3H3/t17-/m1/s1. The van der Waals surface area contributed by atoms with Crippen LogP contribution in [0, 0.1) is 6.92 Å². The number of benzene rings is 1. The van der Waals surface area contributed by atoms with Crippen molar-refractivity contribution in [3.63, 3.8) is 0 Å². The van der Waals surface area contributed by atoms with Crippen LogP contribution < -0.4 is 0 Å².